The highest BCUT2D eigenvalue weighted by Crippen LogP contribution is 2.21. The fourth-order valence-electron chi connectivity index (χ4n) is 1.59. The van der Waals surface area contributed by atoms with E-state index in [1.807, 2.05) is 42.5 Å². The van der Waals surface area contributed by atoms with E-state index in [2.05, 4.69) is 5.16 Å². The molecule has 1 unspecified atom stereocenters. The summed E-state index contributed by atoms with van der Waals surface area (Å²) < 4.78 is 5.56. The van der Waals surface area contributed by atoms with Crippen molar-refractivity contribution in [1.29, 1.82) is 0 Å². The monoisotopic (exact) mass is 266 g/mol. The average Bonchev–Trinajstić information content (AvgIpc) is 2.37. The van der Waals surface area contributed by atoms with E-state index < -0.39 is 6.10 Å². The lowest BCUT2D eigenvalue weighted by molar-refractivity contribution is 0.266. The quantitative estimate of drug-likeness (QED) is 0.388. The zero-order valence-corrected chi connectivity index (χ0v) is 10.7. The maximum atomic E-state index is 8.54. The second-order valence-corrected chi connectivity index (χ2v) is 3.79. The Morgan fingerprint density at radius 1 is 1.22 bits per heavy atom. The summed E-state index contributed by atoms with van der Waals surface area (Å²) in [7, 11) is 0. The minimum atomic E-state index is -0.457. The molecule has 2 aromatic rings. The van der Waals surface area contributed by atoms with Gasteiger partial charge < -0.3 is 15.7 Å². The van der Waals surface area contributed by atoms with Crippen LogP contribution in [0.3, 0.4) is 0 Å². The Morgan fingerprint density at radius 3 is 2.56 bits per heavy atom. The highest BCUT2D eigenvalue weighted by molar-refractivity contribution is 5.86. The molecule has 0 amide bonds. The van der Waals surface area contributed by atoms with Gasteiger partial charge in [0.15, 0.2) is 11.9 Å². The van der Waals surface area contributed by atoms with Gasteiger partial charge in [0.1, 0.15) is 5.75 Å². The third kappa shape index (κ3) is 3.05. The lowest BCUT2D eigenvalue weighted by atomic mass is 10.1. The highest BCUT2D eigenvalue weighted by atomic mass is 35.5. The molecule has 5 heteroatoms. The molecule has 0 aromatic heterocycles. The van der Waals surface area contributed by atoms with E-state index in [4.69, 9.17) is 15.7 Å². The van der Waals surface area contributed by atoms with Crippen LogP contribution >= 0.6 is 12.4 Å². The normalized spacial score (nSPS) is 12.8. The maximum Gasteiger partial charge on any atom is 0.180 e. The first-order valence-corrected chi connectivity index (χ1v) is 5.33. The predicted molar refractivity (Wildman–Crippen MR) is 74.7 cm³/mol. The first kappa shape index (κ1) is 14.1. The molecule has 0 heterocycles. The Labute approximate surface area is 111 Å². The fraction of sp³-hybridized carbons (Fsp3) is 0.154. The van der Waals surface area contributed by atoms with Crippen LogP contribution in [0.2, 0.25) is 0 Å². The van der Waals surface area contributed by atoms with E-state index >= 15 is 0 Å². The van der Waals surface area contributed by atoms with Crippen LogP contribution in [-0.4, -0.2) is 17.1 Å². The zero-order valence-electron chi connectivity index (χ0n) is 9.91. The predicted octanol–water partition coefficient (Wildman–Crippen LogP) is 2.78. The summed E-state index contributed by atoms with van der Waals surface area (Å²) >= 11 is 0. The first-order chi connectivity index (χ1) is 8.20. The fourth-order valence-corrected chi connectivity index (χ4v) is 1.59. The van der Waals surface area contributed by atoms with Crippen LogP contribution < -0.4 is 10.5 Å². The lowest BCUT2D eigenvalue weighted by Crippen LogP contribution is -2.31. The largest absolute Gasteiger partial charge is 0.483 e. The SMILES string of the molecule is CC(Oc1ccc2ccccc2c1)C(N)=NO.Cl. The Hall–Kier alpha value is -1.94. The number of hydrogen-bond donors (Lipinski definition) is 2. The van der Waals surface area contributed by atoms with Gasteiger partial charge in [-0.25, -0.2) is 0 Å². The molecule has 96 valence electrons. The molecule has 18 heavy (non-hydrogen) atoms. The summed E-state index contributed by atoms with van der Waals surface area (Å²) in [5.41, 5.74) is 5.45. The number of rotatable bonds is 3. The number of amidine groups is 1. The van der Waals surface area contributed by atoms with E-state index in [0.29, 0.717) is 5.75 Å². The van der Waals surface area contributed by atoms with Gasteiger partial charge in [-0.15, -0.1) is 12.4 Å². The zero-order chi connectivity index (χ0) is 12.3. The molecule has 0 bridgehead atoms. The molecule has 0 radical (unpaired) electrons. The van der Waals surface area contributed by atoms with Gasteiger partial charge in [-0.3, -0.25) is 0 Å². The number of oxime groups is 1. The molecule has 0 aliphatic rings. The number of ether oxygens (including phenoxy) is 1. The second kappa shape index (κ2) is 6.12. The van der Waals surface area contributed by atoms with E-state index in [1.54, 1.807) is 6.92 Å². The Morgan fingerprint density at radius 2 is 1.89 bits per heavy atom. The smallest absolute Gasteiger partial charge is 0.180 e. The van der Waals surface area contributed by atoms with E-state index in [0.717, 1.165) is 10.8 Å². The van der Waals surface area contributed by atoms with Crippen molar-refractivity contribution in [3.05, 3.63) is 42.5 Å². The second-order valence-electron chi connectivity index (χ2n) is 3.79. The third-order valence-electron chi connectivity index (χ3n) is 2.57. The van der Waals surface area contributed by atoms with Gasteiger partial charge in [0.05, 0.1) is 0 Å². The van der Waals surface area contributed by atoms with Gasteiger partial charge in [-0.05, 0) is 29.8 Å². The Bertz CT molecular complexity index is 557. The van der Waals surface area contributed by atoms with Gasteiger partial charge >= 0.3 is 0 Å². The van der Waals surface area contributed by atoms with Crippen molar-refractivity contribution in [2.45, 2.75) is 13.0 Å². The maximum absolute atomic E-state index is 8.54. The first-order valence-electron chi connectivity index (χ1n) is 5.33. The van der Waals surface area contributed by atoms with Crippen molar-refractivity contribution in [2.24, 2.45) is 10.9 Å². The highest BCUT2D eigenvalue weighted by Gasteiger charge is 2.09. The van der Waals surface area contributed by atoms with Crippen LogP contribution in [0.5, 0.6) is 5.75 Å². The Kier molecular flexibility index (Phi) is 4.80. The van der Waals surface area contributed by atoms with Crippen LogP contribution in [0.4, 0.5) is 0 Å². The lowest BCUT2D eigenvalue weighted by Gasteiger charge is -2.13. The van der Waals surface area contributed by atoms with Crippen molar-refractivity contribution in [3.8, 4) is 5.75 Å². The van der Waals surface area contributed by atoms with E-state index in [1.165, 1.54) is 0 Å². The molecule has 0 fully saturated rings. The van der Waals surface area contributed by atoms with Crippen molar-refractivity contribution >= 4 is 29.0 Å². The van der Waals surface area contributed by atoms with Crippen LogP contribution in [0.25, 0.3) is 10.8 Å². The van der Waals surface area contributed by atoms with Crippen molar-refractivity contribution in [1.82, 2.24) is 0 Å². The van der Waals surface area contributed by atoms with Crippen molar-refractivity contribution < 1.29 is 9.94 Å². The van der Waals surface area contributed by atoms with Crippen LogP contribution in [0.1, 0.15) is 6.92 Å². The molecule has 2 rings (SSSR count). The van der Waals surface area contributed by atoms with Crippen LogP contribution in [-0.2, 0) is 0 Å². The minimum absolute atomic E-state index is 0. The van der Waals surface area contributed by atoms with E-state index in [-0.39, 0.29) is 18.2 Å². The number of nitrogens with zero attached hydrogens (tertiary/aromatic N) is 1. The molecular formula is C13H15ClN2O2. The summed E-state index contributed by atoms with van der Waals surface area (Å²) in [5.74, 6) is 0.751. The summed E-state index contributed by atoms with van der Waals surface area (Å²) in [6.07, 6.45) is -0.457. The minimum Gasteiger partial charge on any atom is -0.483 e. The molecule has 0 spiro atoms. The number of hydrogen-bond acceptors (Lipinski definition) is 3. The number of benzene rings is 2. The van der Waals surface area contributed by atoms with Crippen LogP contribution in [0.15, 0.2) is 47.6 Å². The summed E-state index contributed by atoms with van der Waals surface area (Å²) in [6, 6.07) is 13.8. The molecule has 2 aromatic carbocycles. The molecule has 0 saturated heterocycles. The summed E-state index contributed by atoms with van der Waals surface area (Å²) in [6.45, 7) is 1.73. The number of nitrogens with two attached hydrogens (primary N) is 1. The van der Waals surface area contributed by atoms with Gasteiger partial charge in [0.25, 0.3) is 0 Å². The number of fused-ring (bicyclic) bond motifs is 1. The van der Waals surface area contributed by atoms with Crippen molar-refractivity contribution in [2.75, 3.05) is 0 Å². The molecule has 0 aliphatic heterocycles. The summed E-state index contributed by atoms with van der Waals surface area (Å²) in [5, 5.41) is 13.7. The van der Waals surface area contributed by atoms with E-state index in [9.17, 15) is 0 Å². The molecule has 0 saturated carbocycles. The van der Waals surface area contributed by atoms with Gasteiger partial charge in [0.2, 0.25) is 0 Å². The summed E-state index contributed by atoms with van der Waals surface area (Å²) in [4.78, 5) is 0. The van der Waals surface area contributed by atoms with Crippen molar-refractivity contribution in [3.63, 3.8) is 0 Å². The molecule has 3 N–H and O–H groups in total. The van der Waals surface area contributed by atoms with Gasteiger partial charge in [0, 0.05) is 0 Å². The molecule has 1 atom stereocenters. The molecule has 0 aliphatic carbocycles. The average molecular weight is 267 g/mol. The number of halogens is 1. The Balaban J connectivity index is 0.00000162. The van der Waals surface area contributed by atoms with Gasteiger partial charge in [-0.1, -0.05) is 35.5 Å². The third-order valence-corrected chi connectivity index (χ3v) is 2.57. The van der Waals surface area contributed by atoms with Crippen LogP contribution in [0, 0.1) is 0 Å². The molecule has 4 nitrogen and oxygen atoms in total. The topological polar surface area (TPSA) is 67.8 Å². The standard InChI is InChI=1S/C13H14N2O2.ClH/c1-9(13(14)15-16)17-12-7-6-10-4-2-3-5-11(10)8-12;/h2-9,16H,1H3,(H2,14,15);1H. The molecular weight excluding hydrogens is 252 g/mol. The van der Waals surface area contributed by atoms with Gasteiger partial charge in [-0.2, -0.15) is 0 Å².